The molecule has 1 heterocycles. The summed E-state index contributed by atoms with van der Waals surface area (Å²) >= 11 is 0. The summed E-state index contributed by atoms with van der Waals surface area (Å²) in [6, 6.07) is 6.13. The van der Waals surface area contributed by atoms with Gasteiger partial charge in [-0.2, -0.15) is 0 Å². The van der Waals surface area contributed by atoms with E-state index in [2.05, 4.69) is 16.3 Å². The van der Waals surface area contributed by atoms with Gasteiger partial charge in [0.05, 0.1) is 6.61 Å². The highest BCUT2D eigenvalue weighted by Gasteiger charge is 2.25. The van der Waals surface area contributed by atoms with E-state index in [1.165, 1.54) is 11.1 Å². The summed E-state index contributed by atoms with van der Waals surface area (Å²) in [4.78, 5) is 14.5. The number of hydrogen-bond donors (Lipinski definition) is 1. The van der Waals surface area contributed by atoms with Crippen LogP contribution >= 0.6 is 0 Å². The normalized spacial score (nSPS) is 15.2. The molecule has 1 N–H and O–H groups in total. The maximum atomic E-state index is 12.1. The van der Waals surface area contributed by atoms with E-state index in [0.29, 0.717) is 0 Å². The summed E-state index contributed by atoms with van der Waals surface area (Å²) in [5, 5.41) is 3.06. The fourth-order valence-corrected chi connectivity index (χ4v) is 2.30. The Hall–Kier alpha value is -1.39. The summed E-state index contributed by atoms with van der Waals surface area (Å²) in [5.41, 5.74) is 3.10. The maximum absolute atomic E-state index is 12.1. The Kier molecular flexibility index (Phi) is 4.45. The van der Waals surface area contributed by atoms with Crippen molar-refractivity contribution in [1.29, 1.82) is 0 Å². The number of benzene rings is 1. The number of carbonyl (C=O) groups excluding carboxylic acids is 1. The SMILES string of the molecule is COCCN1Cc2cccc(NC(=O)C(C)(C)C)c2C1. The molecule has 1 aliphatic heterocycles. The summed E-state index contributed by atoms with van der Waals surface area (Å²) < 4.78 is 5.13. The van der Waals surface area contributed by atoms with E-state index >= 15 is 0 Å². The van der Waals surface area contributed by atoms with Crippen LogP contribution in [0.1, 0.15) is 31.9 Å². The van der Waals surface area contributed by atoms with Crippen molar-refractivity contribution in [2.75, 3.05) is 25.6 Å². The molecule has 0 aliphatic carbocycles. The molecule has 0 aromatic heterocycles. The van der Waals surface area contributed by atoms with Crippen LogP contribution < -0.4 is 5.32 Å². The van der Waals surface area contributed by atoms with Crippen LogP contribution in [0.4, 0.5) is 5.69 Å². The van der Waals surface area contributed by atoms with E-state index in [0.717, 1.165) is 31.9 Å². The van der Waals surface area contributed by atoms with Gasteiger partial charge in [-0.3, -0.25) is 9.69 Å². The van der Waals surface area contributed by atoms with Gasteiger partial charge >= 0.3 is 0 Å². The van der Waals surface area contributed by atoms with E-state index in [4.69, 9.17) is 4.74 Å². The second-order valence-electron chi connectivity index (χ2n) is 6.35. The highest BCUT2D eigenvalue weighted by atomic mass is 16.5. The summed E-state index contributed by atoms with van der Waals surface area (Å²) in [7, 11) is 1.72. The van der Waals surface area contributed by atoms with Crippen LogP contribution in [0.3, 0.4) is 0 Å². The number of methoxy groups -OCH3 is 1. The molecule has 20 heavy (non-hydrogen) atoms. The second kappa shape index (κ2) is 5.94. The quantitative estimate of drug-likeness (QED) is 0.919. The molecule has 4 nitrogen and oxygen atoms in total. The highest BCUT2D eigenvalue weighted by Crippen LogP contribution is 2.30. The number of nitrogens with zero attached hydrogens (tertiary/aromatic N) is 1. The van der Waals surface area contributed by atoms with Crippen molar-refractivity contribution in [3.8, 4) is 0 Å². The third kappa shape index (κ3) is 3.38. The van der Waals surface area contributed by atoms with Gasteiger partial charge in [0.15, 0.2) is 0 Å². The monoisotopic (exact) mass is 276 g/mol. The van der Waals surface area contributed by atoms with Crippen molar-refractivity contribution in [3.05, 3.63) is 29.3 Å². The van der Waals surface area contributed by atoms with Gasteiger partial charge in [0.2, 0.25) is 5.91 Å². The first-order valence-corrected chi connectivity index (χ1v) is 7.05. The molecule has 0 unspecified atom stereocenters. The third-order valence-corrected chi connectivity index (χ3v) is 3.59. The lowest BCUT2D eigenvalue weighted by Crippen LogP contribution is -2.28. The van der Waals surface area contributed by atoms with Gasteiger partial charge in [0.25, 0.3) is 0 Å². The molecule has 1 aliphatic rings. The average Bonchev–Trinajstić information content (AvgIpc) is 2.79. The fourth-order valence-electron chi connectivity index (χ4n) is 2.30. The largest absolute Gasteiger partial charge is 0.383 e. The Bertz CT molecular complexity index is 492. The van der Waals surface area contributed by atoms with Crippen LogP contribution in [-0.4, -0.2) is 31.1 Å². The Morgan fingerprint density at radius 2 is 2.10 bits per heavy atom. The standard InChI is InChI=1S/C16H24N2O2/c1-16(2,3)15(19)17-14-7-5-6-12-10-18(8-9-20-4)11-13(12)14/h5-7H,8-11H2,1-4H3,(H,17,19). The van der Waals surface area contributed by atoms with Crippen molar-refractivity contribution < 1.29 is 9.53 Å². The maximum Gasteiger partial charge on any atom is 0.229 e. The van der Waals surface area contributed by atoms with E-state index in [9.17, 15) is 4.79 Å². The minimum atomic E-state index is -0.378. The number of ether oxygens (including phenoxy) is 1. The van der Waals surface area contributed by atoms with Crippen molar-refractivity contribution in [3.63, 3.8) is 0 Å². The molecule has 0 spiro atoms. The molecule has 0 bridgehead atoms. The number of rotatable bonds is 4. The minimum absolute atomic E-state index is 0.0567. The molecule has 0 radical (unpaired) electrons. The van der Waals surface area contributed by atoms with E-state index in [1.807, 2.05) is 32.9 Å². The van der Waals surface area contributed by atoms with Crippen LogP contribution in [0, 0.1) is 5.41 Å². The van der Waals surface area contributed by atoms with Crippen LogP contribution in [0.5, 0.6) is 0 Å². The first-order valence-electron chi connectivity index (χ1n) is 7.05. The molecule has 0 fully saturated rings. The number of amides is 1. The molecule has 0 saturated carbocycles. The number of nitrogens with one attached hydrogen (secondary N) is 1. The Balaban J connectivity index is 2.11. The summed E-state index contributed by atoms with van der Waals surface area (Å²) in [6.07, 6.45) is 0. The molecule has 4 heteroatoms. The van der Waals surface area contributed by atoms with Crippen LogP contribution in [0.2, 0.25) is 0 Å². The highest BCUT2D eigenvalue weighted by molar-refractivity contribution is 5.95. The zero-order chi connectivity index (χ0) is 14.8. The number of carbonyl (C=O) groups is 1. The zero-order valence-corrected chi connectivity index (χ0v) is 12.8. The topological polar surface area (TPSA) is 41.6 Å². The smallest absolute Gasteiger partial charge is 0.229 e. The van der Waals surface area contributed by atoms with Gasteiger partial charge in [-0.05, 0) is 17.2 Å². The zero-order valence-electron chi connectivity index (χ0n) is 12.8. The van der Waals surface area contributed by atoms with E-state index in [1.54, 1.807) is 7.11 Å². The molecule has 2 rings (SSSR count). The fraction of sp³-hybridized carbons (Fsp3) is 0.562. The lowest BCUT2D eigenvalue weighted by molar-refractivity contribution is -0.123. The molecule has 110 valence electrons. The van der Waals surface area contributed by atoms with Crippen molar-refractivity contribution in [2.24, 2.45) is 5.41 Å². The summed E-state index contributed by atoms with van der Waals surface area (Å²) in [5.74, 6) is 0.0567. The predicted molar refractivity (Wildman–Crippen MR) is 80.5 cm³/mol. The van der Waals surface area contributed by atoms with Crippen LogP contribution in [-0.2, 0) is 22.6 Å². The van der Waals surface area contributed by atoms with Gasteiger partial charge in [-0.15, -0.1) is 0 Å². The van der Waals surface area contributed by atoms with Crippen molar-refractivity contribution in [2.45, 2.75) is 33.9 Å². The predicted octanol–water partition coefficient (Wildman–Crippen LogP) is 2.63. The molecule has 1 aromatic carbocycles. The molecular weight excluding hydrogens is 252 g/mol. The number of fused-ring (bicyclic) bond motifs is 1. The van der Waals surface area contributed by atoms with Gasteiger partial charge < -0.3 is 10.1 Å². The Morgan fingerprint density at radius 3 is 2.75 bits per heavy atom. The van der Waals surface area contributed by atoms with Gasteiger partial charge in [-0.1, -0.05) is 32.9 Å². The van der Waals surface area contributed by atoms with Crippen LogP contribution in [0.25, 0.3) is 0 Å². The molecule has 0 atom stereocenters. The molecule has 0 saturated heterocycles. The Morgan fingerprint density at radius 1 is 1.35 bits per heavy atom. The first kappa shape index (κ1) is 15.0. The molecule has 1 aromatic rings. The lowest BCUT2D eigenvalue weighted by atomic mass is 9.95. The second-order valence-corrected chi connectivity index (χ2v) is 6.35. The van der Waals surface area contributed by atoms with Crippen molar-refractivity contribution in [1.82, 2.24) is 4.90 Å². The molecular formula is C16H24N2O2. The Labute approximate surface area is 121 Å². The lowest BCUT2D eigenvalue weighted by Gasteiger charge is -2.19. The first-order chi connectivity index (χ1) is 9.41. The number of anilines is 1. The van der Waals surface area contributed by atoms with Gasteiger partial charge in [-0.25, -0.2) is 0 Å². The minimum Gasteiger partial charge on any atom is -0.383 e. The average molecular weight is 276 g/mol. The third-order valence-electron chi connectivity index (χ3n) is 3.59. The van der Waals surface area contributed by atoms with E-state index in [-0.39, 0.29) is 11.3 Å². The van der Waals surface area contributed by atoms with Crippen molar-refractivity contribution >= 4 is 11.6 Å². The van der Waals surface area contributed by atoms with Gasteiger partial charge in [0, 0.05) is 37.8 Å². The van der Waals surface area contributed by atoms with E-state index < -0.39 is 0 Å². The van der Waals surface area contributed by atoms with Crippen LogP contribution in [0.15, 0.2) is 18.2 Å². The number of hydrogen-bond acceptors (Lipinski definition) is 3. The van der Waals surface area contributed by atoms with Gasteiger partial charge in [0.1, 0.15) is 0 Å². The molecule has 1 amide bonds. The summed E-state index contributed by atoms with van der Waals surface area (Å²) in [6.45, 7) is 9.23.